The van der Waals surface area contributed by atoms with Gasteiger partial charge in [0.2, 0.25) is 0 Å². The van der Waals surface area contributed by atoms with Gasteiger partial charge in [0.15, 0.2) is 0 Å². The number of nitrogens with zero attached hydrogens (tertiary/aromatic N) is 2. The van der Waals surface area contributed by atoms with E-state index < -0.39 is 20.8 Å². The van der Waals surface area contributed by atoms with Crippen LogP contribution in [0.1, 0.15) is 37.7 Å². The summed E-state index contributed by atoms with van der Waals surface area (Å²) in [5.74, 6) is -0.609. The average molecular weight is 774 g/mol. The number of pyridine rings is 2. The second-order valence-corrected chi connectivity index (χ2v) is 16.9. The van der Waals surface area contributed by atoms with E-state index in [4.69, 9.17) is 11.3 Å². The zero-order valence-electron chi connectivity index (χ0n) is 30.4. The normalized spacial score (nSPS) is 13.6. The van der Waals surface area contributed by atoms with Gasteiger partial charge in [-0.2, -0.15) is 0 Å². The monoisotopic (exact) mass is 774 g/mol. The van der Waals surface area contributed by atoms with Crippen molar-refractivity contribution in [2.45, 2.75) is 46.2 Å². The Morgan fingerprint density at radius 3 is 2.32 bits per heavy atom. The minimum Gasteiger partial charge on any atom is -0.501 e. The fraction of sp³-hybridized carbons (Fsp3) is 0.179. The molecule has 7 aromatic rings. The van der Waals surface area contributed by atoms with Crippen molar-refractivity contribution < 1.29 is 31.4 Å². The molecular weight excluding hydrogens is 733 g/mol. The van der Waals surface area contributed by atoms with Gasteiger partial charge in [-0.1, -0.05) is 92.0 Å². The van der Waals surface area contributed by atoms with E-state index in [1.807, 2.05) is 74.6 Å². The van der Waals surface area contributed by atoms with Gasteiger partial charge in [-0.05, 0) is 58.3 Å². The van der Waals surface area contributed by atoms with Crippen LogP contribution in [0.15, 0.2) is 108 Å². The number of rotatable bonds is 4. The van der Waals surface area contributed by atoms with Crippen molar-refractivity contribution in [2.75, 3.05) is 0 Å². The molecule has 0 aliphatic carbocycles. The van der Waals surface area contributed by atoms with Gasteiger partial charge in [0.1, 0.15) is 5.58 Å². The maximum absolute atomic E-state index is 8.44. The fourth-order valence-corrected chi connectivity index (χ4v) is 6.89. The second kappa shape index (κ2) is 13.0. The van der Waals surface area contributed by atoms with Gasteiger partial charge in [-0.15, -0.1) is 54.1 Å². The van der Waals surface area contributed by atoms with Crippen molar-refractivity contribution in [3.8, 4) is 22.5 Å². The van der Waals surface area contributed by atoms with Gasteiger partial charge in [0.25, 0.3) is 0 Å². The van der Waals surface area contributed by atoms with Crippen molar-refractivity contribution in [1.29, 1.82) is 0 Å². The van der Waals surface area contributed by atoms with Crippen LogP contribution in [-0.2, 0) is 20.1 Å². The summed E-state index contributed by atoms with van der Waals surface area (Å²) in [4.78, 5) is 8.83. The standard InChI is InChI=1S/C22H14NO.C17H22NSi.Ir/c1-14-9-10-23-20(11-14)18-8-4-7-17-19-12-15-5-2-3-6-16(15)13-21(19)24-22(17)18;1-13(2)15-11-16(14-9-7-6-8-10-14)18-12-17(15)19(3,4)5;/h2-7,9-13H,1H3;6-9,11-13H,1-5H3;/q2*-1;/i1D3,10D;13D;. The summed E-state index contributed by atoms with van der Waals surface area (Å²) in [7, 11) is -1.50. The first-order valence-electron chi connectivity index (χ1n) is 16.8. The fourth-order valence-electron chi connectivity index (χ4n) is 5.30. The molecule has 44 heavy (non-hydrogen) atoms. The Kier molecular flexibility index (Phi) is 7.51. The largest absolute Gasteiger partial charge is 0.501 e. The van der Waals surface area contributed by atoms with Gasteiger partial charge in [0.05, 0.1) is 15.0 Å². The maximum atomic E-state index is 8.44. The molecule has 223 valence electrons. The minimum atomic E-state index is -2.31. The molecule has 0 atom stereocenters. The first-order chi connectivity index (χ1) is 22.6. The number of aryl methyl sites for hydroxylation is 1. The molecule has 0 N–H and O–H groups in total. The molecule has 0 aliphatic rings. The summed E-state index contributed by atoms with van der Waals surface area (Å²) in [6.45, 7) is 8.48. The van der Waals surface area contributed by atoms with Crippen molar-refractivity contribution >= 4 is 46.0 Å². The summed E-state index contributed by atoms with van der Waals surface area (Å²) >= 11 is 0. The molecule has 3 aromatic heterocycles. The number of benzene rings is 4. The zero-order valence-corrected chi connectivity index (χ0v) is 28.8. The van der Waals surface area contributed by atoms with Crippen LogP contribution in [0.3, 0.4) is 0 Å². The van der Waals surface area contributed by atoms with E-state index in [1.54, 1.807) is 6.07 Å². The minimum absolute atomic E-state index is 0. The van der Waals surface area contributed by atoms with E-state index in [-0.39, 0.29) is 31.8 Å². The number of furan rings is 1. The van der Waals surface area contributed by atoms with Gasteiger partial charge >= 0.3 is 0 Å². The number of hydrogen-bond donors (Lipinski definition) is 0. The topological polar surface area (TPSA) is 38.9 Å². The first-order valence-corrected chi connectivity index (χ1v) is 17.8. The summed E-state index contributed by atoms with van der Waals surface area (Å²) < 4.78 is 45.4. The molecule has 1 radical (unpaired) electrons. The van der Waals surface area contributed by atoms with Crippen LogP contribution in [0.25, 0.3) is 55.2 Å². The Labute approximate surface area is 281 Å². The summed E-state index contributed by atoms with van der Waals surface area (Å²) in [6.07, 6.45) is 1.88. The molecule has 5 heteroatoms. The van der Waals surface area contributed by atoms with Crippen LogP contribution in [0.2, 0.25) is 19.6 Å². The predicted octanol–water partition coefficient (Wildman–Crippen LogP) is 10.1. The van der Waals surface area contributed by atoms with Crippen LogP contribution in [-0.4, -0.2) is 18.0 Å². The van der Waals surface area contributed by atoms with Crippen LogP contribution < -0.4 is 5.19 Å². The predicted molar refractivity (Wildman–Crippen MR) is 184 cm³/mol. The Morgan fingerprint density at radius 1 is 0.841 bits per heavy atom. The van der Waals surface area contributed by atoms with Crippen molar-refractivity contribution in [3.05, 3.63) is 127 Å². The van der Waals surface area contributed by atoms with Crippen LogP contribution in [0.5, 0.6) is 0 Å². The molecule has 0 spiro atoms. The molecule has 0 aliphatic heterocycles. The van der Waals surface area contributed by atoms with Gasteiger partial charge in [-0.25, -0.2) is 0 Å². The maximum Gasteiger partial charge on any atom is 0.121 e. The van der Waals surface area contributed by atoms with Crippen LogP contribution in [0.4, 0.5) is 0 Å². The molecule has 0 amide bonds. The van der Waals surface area contributed by atoms with Crippen LogP contribution in [0, 0.1) is 19.0 Å². The average Bonchev–Trinajstić information content (AvgIpc) is 3.40. The van der Waals surface area contributed by atoms with Crippen molar-refractivity contribution in [1.82, 2.24) is 9.97 Å². The number of fused-ring (bicyclic) bond motifs is 4. The molecule has 0 fully saturated rings. The van der Waals surface area contributed by atoms with E-state index in [1.165, 1.54) is 17.3 Å². The third-order valence-electron chi connectivity index (χ3n) is 7.49. The second-order valence-electron chi connectivity index (χ2n) is 11.9. The molecule has 0 bridgehead atoms. The SMILES string of the molecule is [2H]C(C)(C)c1cc(-c2[c-]cccc2)ncc1[Si](C)(C)C.[2H]c1cc(C([2H])([2H])[2H])cc(-c2[c-]ccc3c2oc2cc4ccccc4cc23)n1.[Ir]. The number of aromatic nitrogens is 2. The van der Waals surface area contributed by atoms with E-state index in [9.17, 15) is 0 Å². The molecular formula is C39H36IrN2OSi-2. The Balaban J connectivity index is 0.000000199. The van der Waals surface area contributed by atoms with E-state index in [0.717, 1.165) is 43.9 Å². The van der Waals surface area contributed by atoms with Gasteiger partial charge in [-0.3, -0.25) is 0 Å². The molecule has 7 rings (SSSR count). The third kappa shape index (κ3) is 6.46. The summed E-state index contributed by atoms with van der Waals surface area (Å²) in [5.41, 5.74) is 5.32. The Hall–Kier alpha value is -3.89. The van der Waals surface area contributed by atoms with E-state index in [0.29, 0.717) is 16.8 Å². The molecule has 0 saturated heterocycles. The zero-order chi connectivity index (χ0) is 34.4. The molecule has 3 heterocycles. The Bertz CT molecular complexity index is 2270. The Morgan fingerprint density at radius 2 is 1.61 bits per heavy atom. The molecule has 3 nitrogen and oxygen atoms in total. The van der Waals surface area contributed by atoms with Crippen LogP contribution >= 0.6 is 0 Å². The van der Waals surface area contributed by atoms with Crippen molar-refractivity contribution in [2.24, 2.45) is 0 Å². The quantitative estimate of drug-likeness (QED) is 0.132. The molecule has 0 saturated carbocycles. The van der Waals surface area contributed by atoms with Crippen molar-refractivity contribution in [3.63, 3.8) is 0 Å². The van der Waals surface area contributed by atoms with Gasteiger partial charge in [0, 0.05) is 43.3 Å². The van der Waals surface area contributed by atoms with Gasteiger partial charge < -0.3 is 14.4 Å². The van der Waals surface area contributed by atoms with E-state index in [2.05, 4.69) is 59.9 Å². The van der Waals surface area contributed by atoms with E-state index >= 15 is 0 Å². The first kappa shape index (κ1) is 25.4. The third-order valence-corrected chi connectivity index (χ3v) is 9.50. The molecule has 0 unspecified atom stereocenters. The smallest absolute Gasteiger partial charge is 0.121 e. The summed E-state index contributed by atoms with van der Waals surface area (Å²) in [5, 5.41) is 5.35. The molecule has 4 aromatic carbocycles. The summed E-state index contributed by atoms with van der Waals surface area (Å²) in [6, 6.07) is 34.8. The number of hydrogen-bond acceptors (Lipinski definition) is 3.